The Morgan fingerprint density at radius 3 is 2.74 bits per heavy atom. The molecule has 1 aromatic heterocycles. The van der Waals surface area contributed by atoms with E-state index in [-0.39, 0.29) is 17.3 Å². The molecule has 0 bridgehead atoms. The van der Waals surface area contributed by atoms with Gasteiger partial charge in [-0.15, -0.1) is 0 Å². The Morgan fingerprint density at radius 2 is 2.09 bits per heavy atom. The van der Waals surface area contributed by atoms with Crippen LogP contribution in [0.4, 0.5) is 0 Å². The van der Waals surface area contributed by atoms with E-state index in [2.05, 4.69) is 50.6 Å². The first-order chi connectivity index (χ1) is 10.8. The fourth-order valence-electron chi connectivity index (χ4n) is 3.71. The molecule has 0 amide bonds. The summed E-state index contributed by atoms with van der Waals surface area (Å²) in [6.45, 7) is 9.06. The van der Waals surface area contributed by atoms with Crippen molar-refractivity contribution in [2.24, 2.45) is 13.0 Å². The lowest BCUT2D eigenvalue weighted by molar-refractivity contribution is -0.148. The molecule has 1 aromatic carbocycles. The van der Waals surface area contributed by atoms with Crippen LogP contribution in [-0.4, -0.2) is 17.1 Å². The highest BCUT2D eigenvalue weighted by Crippen LogP contribution is 2.36. The maximum Gasteiger partial charge on any atom is 0.309 e. The summed E-state index contributed by atoms with van der Waals surface area (Å²) >= 11 is 0. The molecule has 3 nitrogen and oxygen atoms in total. The number of aryl methyl sites for hydroxylation is 1. The number of benzene rings is 1. The maximum absolute atomic E-state index is 12.1. The van der Waals surface area contributed by atoms with Gasteiger partial charge in [0.25, 0.3) is 0 Å². The number of rotatable bonds is 2. The molecule has 124 valence electrons. The zero-order chi connectivity index (χ0) is 16.8. The highest BCUT2D eigenvalue weighted by Gasteiger charge is 2.30. The summed E-state index contributed by atoms with van der Waals surface area (Å²) in [6.07, 6.45) is 2.65. The molecule has 0 spiro atoms. The predicted molar refractivity (Wildman–Crippen MR) is 93.8 cm³/mol. The van der Waals surface area contributed by atoms with Gasteiger partial charge < -0.3 is 9.30 Å². The molecule has 0 saturated heterocycles. The minimum absolute atomic E-state index is 0.00587. The molecule has 0 N–H and O–H groups in total. The fourth-order valence-corrected chi connectivity index (χ4v) is 3.71. The van der Waals surface area contributed by atoms with Crippen LogP contribution in [0.25, 0.3) is 10.9 Å². The molecule has 2 aromatic rings. The van der Waals surface area contributed by atoms with Gasteiger partial charge in [-0.3, -0.25) is 4.79 Å². The van der Waals surface area contributed by atoms with E-state index in [1.807, 2.05) is 6.92 Å². The molecule has 0 radical (unpaired) electrons. The van der Waals surface area contributed by atoms with Gasteiger partial charge in [0, 0.05) is 23.6 Å². The minimum Gasteiger partial charge on any atom is -0.466 e. The van der Waals surface area contributed by atoms with Gasteiger partial charge in [-0.05, 0) is 54.9 Å². The van der Waals surface area contributed by atoms with Crippen LogP contribution in [0.5, 0.6) is 0 Å². The van der Waals surface area contributed by atoms with Gasteiger partial charge in [0.1, 0.15) is 0 Å². The predicted octanol–water partition coefficient (Wildman–Crippen LogP) is 4.14. The molecule has 23 heavy (non-hydrogen) atoms. The van der Waals surface area contributed by atoms with E-state index in [0.717, 1.165) is 19.3 Å². The summed E-state index contributed by atoms with van der Waals surface area (Å²) in [4.78, 5) is 12.1. The van der Waals surface area contributed by atoms with E-state index in [1.54, 1.807) is 0 Å². The monoisotopic (exact) mass is 313 g/mol. The Hall–Kier alpha value is -1.77. The Bertz CT molecular complexity index is 749. The first-order valence-corrected chi connectivity index (χ1v) is 8.60. The largest absolute Gasteiger partial charge is 0.466 e. The second-order valence-electron chi connectivity index (χ2n) is 7.66. The van der Waals surface area contributed by atoms with Gasteiger partial charge in [-0.1, -0.05) is 26.8 Å². The van der Waals surface area contributed by atoms with Crippen LogP contribution in [-0.2, 0) is 34.8 Å². The summed E-state index contributed by atoms with van der Waals surface area (Å²) in [5.41, 5.74) is 5.47. The smallest absolute Gasteiger partial charge is 0.309 e. The standard InChI is InChI=1S/C20H27NO2/c1-6-23-19(22)13-7-9-17-15(11-13)16-12-14(20(2,3)4)8-10-18(16)21(17)5/h8,10,12-13H,6-7,9,11H2,1-5H3. The molecule has 0 saturated carbocycles. The molecule has 3 heteroatoms. The van der Waals surface area contributed by atoms with E-state index < -0.39 is 0 Å². The molecule has 1 heterocycles. The Balaban J connectivity index is 2.07. The van der Waals surface area contributed by atoms with Crippen LogP contribution in [0.1, 0.15) is 50.9 Å². The van der Waals surface area contributed by atoms with Gasteiger partial charge in [0.15, 0.2) is 0 Å². The lowest BCUT2D eigenvalue weighted by Crippen LogP contribution is -2.25. The number of fused-ring (bicyclic) bond motifs is 3. The van der Waals surface area contributed by atoms with Crippen molar-refractivity contribution < 1.29 is 9.53 Å². The molecule has 1 aliphatic rings. The number of carbonyl (C=O) groups excluding carboxylic acids is 1. The maximum atomic E-state index is 12.1. The second kappa shape index (κ2) is 5.70. The molecule has 1 aliphatic carbocycles. The van der Waals surface area contributed by atoms with Crippen molar-refractivity contribution in [2.75, 3.05) is 6.61 Å². The summed E-state index contributed by atoms with van der Waals surface area (Å²) < 4.78 is 7.55. The zero-order valence-electron chi connectivity index (χ0n) is 14.9. The second-order valence-corrected chi connectivity index (χ2v) is 7.66. The molecule has 0 fully saturated rings. The van der Waals surface area contributed by atoms with Gasteiger partial charge in [0.05, 0.1) is 12.5 Å². The van der Waals surface area contributed by atoms with Gasteiger partial charge in [-0.25, -0.2) is 0 Å². The molecule has 1 unspecified atom stereocenters. The molecule has 1 atom stereocenters. The number of nitrogens with zero attached hydrogens (tertiary/aromatic N) is 1. The third-order valence-corrected chi connectivity index (χ3v) is 5.10. The van der Waals surface area contributed by atoms with Crippen molar-refractivity contribution in [1.82, 2.24) is 4.57 Å². The number of hydrogen-bond donors (Lipinski definition) is 0. The average Bonchev–Trinajstić information content (AvgIpc) is 2.79. The minimum atomic E-state index is -0.0397. The number of ether oxygens (including phenoxy) is 1. The summed E-state index contributed by atoms with van der Waals surface area (Å²) in [5.74, 6) is -0.0338. The Morgan fingerprint density at radius 1 is 1.35 bits per heavy atom. The van der Waals surface area contributed by atoms with Crippen molar-refractivity contribution in [3.8, 4) is 0 Å². The summed E-state index contributed by atoms with van der Waals surface area (Å²) in [5, 5.41) is 1.31. The van der Waals surface area contributed by atoms with Crippen molar-refractivity contribution in [3.63, 3.8) is 0 Å². The quantitative estimate of drug-likeness (QED) is 0.780. The topological polar surface area (TPSA) is 31.2 Å². The lowest BCUT2D eigenvalue weighted by atomic mass is 9.83. The molecular formula is C20H27NO2. The first-order valence-electron chi connectivity index (χ1n) is 8.60. The highest BCUT2D eigenvalue weighted by molar-refractivity contribution is 5.87. The van der Waals surface area contributed by atoms with Crippen molar-refractivity contribution in [3.05, 3.63) is 35.0 Å². The average molecular weight is 313 g/mol. The first kappa shape index (κ1) is 16.1. The SMILES string of the molecule is CCOC(=O)C1CCc2c(c3cc(C(C)(C)C)ccc3n2C)C1. The van der Waals surface area contributed by atoms with Crippen molar-refractivity contribution >= 4 is 16.9 Å². The van der Waals surface area contributed by atoms with Crippen LogP contribution in [0.15, 0.2) is 18.2 Å². The van der Waals surface area contributed by atoms with Crippen LogP contribution >= 0.6 is 0 Å². The van der Waals surface area contributed by atoms with Crippen LogP contribution < -0.4 is 0 Å². The number of aromatic nitrogens is 1. The number of hydrogen-bond acceptors (Lipinski definition) is 2. The van der Waals surface area contributed by atoms with E-state index in [0.29, 0.717) is 6.61 Å². The zero-order valence-corrected chi connectivity index (χ0v) is 14.9. The number of carbonyl (C=O) groups is 1. The fraction of sp³-hybridized carbons (Fsp3) is 0.550. The van der Waals surface area contributed by atoms with Gasteiger partial charge in [-0.2, -0.15) is 0 Å². The van der Waals surface area contributed by atoms with E-state index >= 15 is 0 Å². The highest BCUT2D eigenvalue weighted by atomic mass is 16.5. The normalized spacial score (nSPS) is 18.0. The summed E-state index contributed by atoms with van der Waals surface area (Å²) in [6, 6.07) is 6.78. The van der Waals surface area contributed by atoms with Gasteiger partial charge in [0.2, 0.25) is 0 Å². The van der Waals surface area contributed by atoms with E-state index in [9.17, 15) is 4.79 Å². The molecule has 0 aliphatic heterocycles. The third kappa shape index (κ3) is 2.77. The molecule has 3 rings (SSSR count). The third-order valence-electron chi connectivity index (χ3n) is 5.10. The van der Waals surface area contributed by atoms with Crippen molar-refractivity contribution in [1.29, 1.82) is 0 Å². The Labute approximate surface area is 138 Å². The van der Waals surface area contributed by atoms with Gasteiger partial charge >= 0.3 is 5.97 Å². The van der Waals surface area contributed by atoms with E-state index in [1.165, 1.54) is 27.7 Å². The number of esters is 1. The van der Waals surface area contributed by atoms with Crippen LogP contribution in [0, 0.1) is 5.92 Å². The van der Waals surface area contributed by atoms with Crippen LogP contribution in [0.2, 0.25) is 0 Å². The lowest BCUT2D eigenvalue weighted by Gasteiger charge is -2.22. The van der Waals surface area contributed by atoms with Crippen molar-refractivity contribution in [2.45, 2.75) is 52.4 Å². The Kier molecular flexibility index (Phi) is 3.99. The molecular weight excluding hydrogens is 286 g/mol. The van der Waals surface area contributed by atoms with E-state index in [4.69, 9.17) is 4.74 Å². The summed E-state index contributed by atoms with van der Waals surface area (Å²) in [7, 11) is 2.14. The van der Waals surface area contributed by atoms with Crippen LogP contribution in [0.3, 0.4) is 0 Å².